The first-order valence-corrected chi connectivity index (χ1v) is 8.58. The number of hydrogen-bond acceptors (Lipinski definition) is 6. The van der Waals surface area contributed by atoms with Crippen molar-refractivity contribution >= 4 is 16.7 Å². The van der Waals surface area contributed by atoms with Crippen molar-refractivity contribution in [2.75, 3.05) is 11.4 Å². The molecule has 0 saturated heterocycles. The Morgan fingerprint density at radius 2 is 1.81 bits per heavy atom. The molecular weight excluding hydrogens is 324 g/mol. The van der Waals surface area contributed by atoms with E-state index in [0.717, 1.165) is 53.3 Å². The van der Waals surface area contributed by atoms with Crippen molar-refractivity contribution in [2.45, 2.75) is 13.0 Å². The zero-order valence-corrected chi connectivity index (χ0v) is 14.1. The fraction of sp³-hybridized carbons (Fsp3) is 0.150. The van der Waals surface area contributed by atoms with E-state index in [1.54, 1.807) is 18.7 Å². The van der Waals surface area contributed by atoms with Crippen LogP contribution in [0.1, 0.15) is 11.3 Å². The van der Waals surface area contributed by atoms with E-state index in [0.29, 0.717) is 0 Å². The molecule has 1 aromatic carbocycles. The average Bonchev–Trinajstić information content (AvgIpc) is 2.73. The van der Waals surface area contributed by atoms with Crippen molar-refractivity contribution in [3.05, 3.63) is 72.6 Å². The lowest BCUT2D eigenvalue weighted by Crippen LogP contribution is -2.32. The molecule has 0 atom stereocenters. The van der Waals surface area contributed by atoms with Gasteiger partial charge in [-0.05, 0) is 36.2 Å². The van der Waals surface area contributed by atoms with Gasteiger partial charge in [0.2, 0.25) is 0 Å². The molecule has 0 fully saturated rings. The Balaban J connectivity index is 1.65. The monoisotopic (exact) mass is 340 g/mol. The first-order valence-electron chi connectivity index (χ1n) is 8.58. The molecule has 3 aromatic heterocycles. The Morgan fingerprint density at radius 1 is 0.923 bits per heavy atom. The van der Waals surface area contributed by atoms with Crippen LogP contribution < -0.4 is 4.90 Å². The lowest BCUT2D eigenvalue weighted by atomic mass is 10.1. The highest BCUT2D eigenvalue weighted by Gasteiger charge is 2.21. The zero-order chi connectivity index (χ0) is 17.3. The fourth-order valence-corrected chi connectivity index (χ4v) is 3.36. The van der Waals surface area contributed by atoms with Gasteiger partial charge in [-0.1, -0.05) is 12.1 Å². The highest BCUT2D eigenvalue weighted by Crippen LogP contribution is 2.30. The third-order valence-corrected chi connectivity index (χ3v) is 4.69. The molecule has 0 aliphatic carbocycles. The number of nitrogens with zero attached hydrogens (tertiary/aromatic N) is 6. The predicted molar refractivity (Wildman–Crippen MR) is 99.6 cm³/mol. The number of fused-ring (bicyclic) bond motifs is 2. The molecule has 1 aliphatic rings. The van der Waals surface area contributed by atoms with E-state index in [-0.39, 0.29) is 0 Å². The SMILES string of the molecule is c1ccc2c(N3CCc4cncnc4C3)nc(-c3ccncc3)nc2c1. The quantitative estimate of drug-likeness (QED) is 0.559. The van der Waals surface area contributed by atoms with Gasteiger partial charge in [-0.3, -0.25) is 4.98 Å². The van der Waals surface area contributed by atoms with Crippen LogP contribution in [0.15, 0.2) is 61.3 Å². The van der Waals surface area contributed by atoms with Crippen molar-refractivity contribution < 1.29 is 0 Å². The Labute approximate surface area is 150 Å². The normalized spacial score (nSPS) is 13.6. The van der Waals surface area contributed by atoms with E-state index < -0.39 is 0 Å². The number of para-hydroxylation sites is 1. The average molecular weight is 340 g/mol. The van der Waals surface area contributed by atoms with Crippen molar-refractivity contribution in [3.63, 3.8) is 0 Å². The standard InChI is InChI=1S/C20H16N6/c1-2-4-17-16(3-1)20(25-19(24-17)14-5-8-21-9-6-14)26-10-7-15-11-22-13-23-18(15)12-26/h1-6,8-9,11,13H,7,10,12H2. The van der Waals surface area contributed by atoms with Crippen LogP contribution in [0.5, 0.6) is 0 Å². The van der Waals surface area contributed by atoms with Gasteiger partial charge in [0.25, 0.3) is 0 Å². The van der Waals surface area contributed by atoms with Crippen molar-refractivity contribution in [3.8, 4) is 11.4 Å². The summed E-state index contributed by atoms with van der Waals surface area (Å²) >= 11 is 0. The van der Waals surface area contributed by atoms with E-state index in [2.05, 4.69) is 25.9 Å². The third kappa shape index (κ3) is 2.56. The molecule has 126 valence electrons. The second-order valence-electron chi connectivity index (χ2n) is 6.29. The van der Waals surface area contributed by atoms with Crippen LogP contribution in [0.4, 0.5) is 5.82 Å². The van der Waals surface area contributed by atoms with Gasteiger partial charge in [-0.2, -0.15) is 0 Å². The highest BCUT2D eigenvalue weighted by molar-refractivity contribution is 5.91. The topological polar surface area (TPSA) is 67.7 Å². The van der Waals surface area contributed by atoms with Crippen LogP contribution in [-0.2, 0) is 13.0 Å². The van der Waals surface area contributed by atoms with Gasteiger partial charge < -0.3 is 4.90 Å². The molecule has 6 nitrogen and oxygen atoms in total. The van der Waals surface area contributed by atoms with Gasteiger partial charge in [0, 0.05) is 36.1 Å². The van der Waals surface area contributed by atoms with E-state index in [9.17, 15) is 0 Å². The number of anilines is 1. The molecule has 0 bridgehead atoms. The second-order valence-corrected chi connectivity index (χ2v) is 6.29. The Hall–Kier alpha value is -3.41. The first-order chi connectivity index (χ1) is 12.9. The summed E-state index contributed by atoms with van der Waals surface area (Å²) in [7, 11) is 0. The summed E-state index contributed by atoms with van der Waals surface area (Å²) in [6.45, 7) is 1.62. The molecule has 6 heteroatoms. The van der Waals surface area contributed by atoms with Crippen LogP contribution in [0, 0.1) is 0 Å². The largest absolute Gasteiger partial charge is 0.350 e. The maximum Gasteiger partial charge on any atom is 0.162 e. The Bertz CT molecular complexity index is 1080. The predicted octanol–water partition coefficient (Wildman–Crippen LogP) is 3.04. The molecule has 0 unspecified atom stereocenters. The number of aromatic nitrogens is 5. The molecule has 5 rings (SSSR count). The molecule has 0 saturated carbocycles. The number of hydrogen-bond donors (Lipinski definition) is 0. The lowest BCUT2D eigenvalue weighted by molar-refractivity contribution is 0.697. The summed E-state index contributed by atoms with van der Waals surface area (Å²) < 4.78 is 0. The van der Waals surface area contributed by atoms with Gasteiger partial charge in [0.15, 0.2) is 5.82 Å². The maximum absolute atomic E-state index is 4.91. The van der Waals surface area contributed by atoms with Gasteiger partial charge in [0.1, 0.15) is 12.1 Å². The summed E-state index contributed by atoms with van der Waals surface area (Å²) in [5, 5.41) is 1.06. The smallest absolute Gasteiger partial charge is 0.162 e. The minimum atomic E-state index is 0.717. The zero-order valence-electron chi connectivity index (χ0n) is 14.1. The van der Waals surface area contributed by atoms with Crippen LogP contribution in [0.2, 0.25) is 0 Å². The molecule has 0 amide bonds. The van der Waals surface area contributed by atoms with Gasteiger partial charge in [-0.15, -0.1) is 0 Å². The third-order valence-electron chi connectivity index (χ3n) is 4.69. The van der Waals surface area contributed by atoms with Gasteiger partial charge >= 0.3 is 0 Å². The van der Waals surface area contributed by atoms with Crippen molar-refractivity contribution in [1.29, 1.82) is 0 Å². The molecule has 0 radical (unpaired) electrons. The molecule has 0 spiro atoms. The molecule has 26 heavy (non-hydrogen) atoms. The van der Waals surface area contributed by atoms with Crippen LogP contribution >= 0.6 is 0 Å². The van der Waals surface area contributed by atoms with E-state index in [1.165, 1.54) is 5.56 Å². The second kappa shape index (κ2) is 6.15. The number of benzene rings is 1. The summed E-state index contributed by atoms with van der Waals surface area (Å²) in [6, 6.07) is 12.0. The first kappa shape index (κ1) is 14.9. The van der Waals surface area contributed by atoms with E-state index in [4.69, 9.17) is 9.97 Å². The Morgan fingerprint density at radius 3 is 2.73 bits per heavy atom. The van der Waals surface area contributed by atoms with Crippen molar-refractivity contribution in [2.24, 2.45) is 0 Å². The summed E-state index contributed by atoms with van der Waals surface area (Å²) in [5.74, 6) is 1.67. The minimum Gasteiger partial charge on any atom is -0.350 e. The highest BCUT2D eigenvalue weighted by atomic mass is 15.2. The molecule has 4 aromatic rings. The van der Waals surface area contributed by atoms with Crippen LogP contribution in [0.3, 0.4) is 0 Å². The summed E-state index contributed by atoms with van der Waals surface area (Å²) in [6.07, 6.45) is 7.98. The summed E-state index contributed by atoms with van der Waals surface area (Å²) in [5.41, 5.74) is 4.19. The van der Waals surface area contributed by atoms with Gasteiger partial charge in [-0.25, -0.2) is 19.9 Å². The van der Waals surface area contributed by atoms with Crippen LogP contribution in [0.25, 0.3) is 22.3 Å². The Kier molecular flexibility index (Phi) is 3.52. The van der Waals surface area contributed by atoms with Crippen LogP contribution in [-0.4, -0.2) is 31.5 Å². The van der Waals surface area contributed by atoms with E-state index in [1.807, 2.05) is 36.5 Å². The minimum absolute atomic E-state index is 0.717. The molecule has 1 aliphatic heterocycles. The lowest BCUT2D eigenvalue weighted by Gasteiger charge is -2.29. The molecular formula is C20H16N6. The summed E-state index contributed by atoms with van der Waals surface area (Å²) in [4.78, 5) is 24.6. The van der Waals surface area contributed by atoms with Crippen molar-refractivity contribution in [1.82, 2.24) is 24.9 Å². The van der Waals surface area contributed by atoms with Gasteiger partial charge in [0.05, 0.1) is 17.8 Å². The number of rotatable bonds is 2. The molecule has 4 heterocycles. The van der Waals surface area contributed by atoms with E-state index >= 15 is 0 Å². The maximum atomic E-state index is 4.91. The number of pyridine rings is 1. The molecule has 0 N–H and O–H groups in total. The fourth-order valence-electron chi connectivity index (χ4n) is 3.36.